The standard InChI is InChI=1S/C33H39N3O4/c1-5-10-26-16-17-29(31(22-26)38-4)39-20-9-19-36-28-12-7-6-11-27(28)35-32(36)13-8-18-34-33(37)23-40-30-21-24(2)14-15-25(30)3/h5-7,11-12,14-17,21-22H,1,8-10,13,18-20,23H2,2-4H3,(H,34,37). The minimum atomic E-state index is -0.125. The quantitative estimate of drug-likeness (QED) is 0.148. The van der Waals surface area contributed by atoms with Crippen LogP contribution in [-0.4, -0.2) is 42.3 Å². The zero-order chi connectivity index (χ0) is 28.3. The van der Waals surface area contributed by atoms with Gasteiger partial charge in [-0.15, -0.1) is 6.58 Å². The summed E-state index contributed by atoms with van der Waals surface area (Å²) >= 11 is 0. The van der Waals surface area contributed by atoms with Gasteiger partial charge in [0.25, 0.3) is 5.91 Å². The van der Waals surface area contributed by atoms with Crippen molar-refractivity contribution in [3.05, 3.63) is 95.8 Å². The van der Waals surface area contributed by atoms with Crippen LogP contribution < -0.4 is 19.5 Å². The van der Waals surface area contributed by atoms with Crippen molar-refractivity contribution in [2.45, 2.75) is 46.1 Å². The van der Waals surface area contributed by atoms with Gasteiger partial charge in [-0.1, -0.05) is 36.4 Å². The molecule has 210 valence electrons. The number of amides is 1. The van der Waals surface area contributed by atoms with E-state index in [0.717, 1.165) is 83.0 Å². The van der Waals surface area contributed by atoms with Gasteiger partial charge in [0.2, 0.25) is 0 Å². The van der Waals surface area contributed by atoms with Crippen LogP contribution in [0.5, 0.6) is 17.2 Å². The van der Waals surface area contributed by atoms with Crippen molar-refractivity contribution < 1.29 is 19.0 Å². The number of allylic oxidation sites excluding steroid dienone is 1. The number of aryl methyl sites for hydroxylation is 4. The van der Waals surface area contributed by atoms with E-state index in [-0.39, 0.29) is 12.5 Å². The first kappa shape index (κ1) is 28.7. The number of rotatable bonds is 15. The summed E-state index contributed by atoms with van der Waals surface area (Å²) in [4.78, 5) is 17.2. The summed E-state index contributed by atoms with van der Waals surface area (Å²) in [5, 5.41) is 2.97. The molecular formula is C33H39N3O4. The van der Waals surface area contributed by atoms with Gasteiger partial charge in [-0.05, 0) is 80.1 Å². The molecule has 1 amide bonds. The van der Waals surface area contributed by atoms with E-state index in [9.17, 15) is 4.79 Å². The fourth-order valence-electron chi connectivity index (χ4n) is 4.63. The normalized spacial score (nSPS) is 10.9. The molecule has 0 aliphatic carbocycles. The van der Waals surface area contributed by atoms with Crippen molar-refractivity contribution in [3.8, 4) is 17.2 Å². The summed E-state index contributed by atoms with van der Waals surface area (Å²) < 4.78 is 19.6. The highest BCUT2D eigenvalue weighted by molar-refractivity contribution is 5.77. The summed E-state index contributed by atoms with van der Waals surface area (Å²) in [6.07, 6.45) is 5.02. The molecule has 3 aromatic carbocycles. The summed E-state index contributed by atoms with van der Waals surface area (Å²) in [6, 6.07) is 20.1. The van der Waals surface area contributed by atoms with Crippen LogP contribution in [0.3, 0.4) is 0 Å². The average molecular weight is 542 g/mol. The summed E-state index contributed by atoms with van der Waals surface area (Å²) in [7, 11) is 1.66. The number of nitrogens with zero attached hydrogens (tertiary/aromatic N) is 2. The molecule has 0 saturated heterocycles. The summed E-state index contributed by atoms with van der Waals surface area (Å²) in [6.45, 7) is 9.68. The van der Waals surface area contributed by atoms with Crippen LogP contribution in [0.25, 0.3) is 11.0 Å². The lowest BCUT2D eigenvalue weighted by molar-refractivity contribution is -0.123. The minimum absolute atomic E-state index is 0.00454. The van der Waals surface area contributed by atoms with E-state index < -0.39 is 0 Å². The SMILES string of the molecule is C=CCc1ccc(OCCCn2c(CCCNC(=O)COc3cc(C)ccc3C)nc3ccccc32)c(OC)c1. The highest BCUT2D eigenvalue weighted by atomic mass is 16.5. The van der Waals surface area contributed by atoms with Crippen molar-refractivity contribution in [1.29, 1.82) is 0 Å². The first-order valence-electron chi connectivity index (χ1n) is 13.8. The van der Waals surface area contributed by atoms with Crippen LogP contribution in [0.4, 0.5) is 0 Å². The Morgan fingerprint density at radius 2 is 1.85 bits per heavy atom. The van der Waals surface area contributed by atoms with Gasteiger partial charge in [0, 0.05) is 19.5 Å². The van der Waals surface area contributed by atoms with Crippen LogP contribution in [0.15, 0.2) is 73.3 Å². The number of aromatic nitrogens is 2. The lowest BCUT2D eigenvalue weighted by atomic mass is 10.1. The van der Waals surface area contributed by atoms with Gasteiger partial charge in [0.15, 0.2) is 18.1 Å². The first-order valence-corrected chi connectivity index (χ1v) is 13.8. The Labute approximate surface area is 236 Å². The maximum atomic E-state index is 12.3. The lowest BCUT2D eigenvalue weighted by Crippen LogP contribution is -2.30. The third kappa shape index (κ3) is 7.65. The molecule has 7 nitrogen and oxygen atoms in total. The molecule has 0 saturated carbocycles. The third-order valence-corrected chi connectivity index (χ3v) is 6.73. The van der Waals surface area contributed by atoms with Gasteiger partial charge in [-0.3, -0.25) is 4.79 Å². The Balaban J connectivity index is 1.28. The minimum Gasteiger partial charge on any atom is -0.493 e. The molecular weight excluding hydrogens is 502 g/mol. The summed E-state index contributed by atoms with van der Waals surface area (Å²) in [5.74, 6) is 3.10. The Morgan fingerprint density at radius 1 is 1.00 bits per heavy atom. The monoisotopic (exact) mass is 541 g/mol. The molecule has 0 radical (unpaired) electrons. The number of para-hydroxylation sites is 2. The van der Waals surface area contributed by atoms with Crippen LogP contribution in [0.1, 0.15) is 35.4 Å². The number of hydrogen-bond donors (Lipinski definition) is 1. The van der Waals surface area contributed by atoms with Crippen LogP contribution in [-0.2, 0) is 24.2 Å². The second-order valence-corrected chi connectivity index (χ2v) is 9.86. The Kier molecular flexibility index (Phi) is 10.2. The van der Waals surface area contributed by atoms with E-state index in [2.05, 4.69) is 22.5 Å². The third-order valence-electron chi connectivity index (χ3n) is 6.73. The zero-order valence-electron chi connectivity index (χ0n) is 23.7. The van der Waals surface area contributed by atoms with E-state index >= 15 is 0 Å². The number of benzene rings is 3. The zero-order valence-corrected chi connectivity index (χ0v) is 23.7. The van der Waals surface area contributed by atoms with Crippen molar-refractivity contribution >= 4 is 16.9 Å². The Morgan fingerprint density at radius 3 is 2.67 bits per heavy atom. The van der Waals surface area contributed by atoms with Gasteiger partial charge in [0.05, 0.1) is 24.8 Å². The lowest BCUT2D eigenvalue weighted by Gasteiger charge is -2.13. The fraction of sp³-hybridized carbons (Fsp3) is 0.333. The number of nitrogens with one attached hydrogen (secondary N) is 1. The number of carbonyl (C=O) groups is 1. The fourth-order valence-corrected chi connectivity index (χ4v) is 4.63. The second-order valence-electron chi connectivity index (χ2n) is 9.86. The first-order chi connectivity index (χ1) is 19.5. The van der Waals surface area contributed by atoms with Gasteiger partial charge in [-0.25, -0.2) is 4.98 Å². The van der Waals surface area contributed by atoms with Crippen molar-refractivity contribution in [2.75, 3.05) is 26.9 Å². The second kappa shape index (κ2) is 14.2. The summed E-state index contributed by atoms with van der Waals surface area (Å²) in [5.41, 5.74) is 5.34. The molecule has 0 bridgehead atoms. The maximum absolute atomic E-state index is 12.3. The van der Waals surface area contributed by atoms with E-state index in [1.807, 2.05) is 74.5 Å². The molecule has 1 heterocycles. The van der Waals surface area contributed by atoms with E-state index in [0.29, 0.717) is 13.2 Å². The molecule has 0 aliphatic rings. The van der Waals surface area contributed by atoms with Crippen LogP contribution in [0.2, 0.25) is 0 Å². The molecule has 4 aromatic rings. The number of carbonyl (C=O) groups excluding carboxylic acids is 1. The predicted molar refractivity (Wildman–Crippen MR) is 159 cm³/mol. The van der Waals surface area contributed by atoms with Gasteiger partial charge in [-0.2, -0.15) is 0 Å². The number of ether oxygens (including phenoxy) is 3. The Hall–Kier alpha value is -4.26. The highest BCUT2D eigenvalue weighted by Gasteiger charge is 2.12. The van der Waals surface area contributed by atoms with E-state index in [1.165, 1.54) is 0 Å². The molecule has 0 unspecified atom stereocenters. The van der Waals surface area contributed by atoms with Gasteiger partial charge in [0.1, 0.15) is 11.6 Å². The molecule has 0 aliphatic heterocycles. The number of imidazole rings is 1. The number of hydrogen-bond acceptors (Lipinski definition) is 5. The molecule has 0 atom stereocenters. The number of fused-ring (bicyclic) bond motifs is 1. The molecule has 1 N–H and O–H groups in total. The smallest absolute Gasteiger partial charge is 0.257 e. The molecule has 0 fully saturated rings. The van der Waals surface area contributed by atoms with Crippen molar-refractivity contribution in [2.24, 2.45) is 0 Å². The molecule has 40 heavy (non-hydrogen) atoms. The van der Waals surface area contributed by atoms with Gasteiger partial charge >= 0.3 is 0 Å². The Bertz CT molecular complexity index is 1440. The molecule has 7 heteroatoms. The van der Waals surface area contributed by atoms with Crippen LogP contribution >= 0.6 is 0 Å². The highest BCUT2D eigenvalue weighted by Crippen LogP contribution is 2.28. The largest absolute Gasteiger partial charge is 0.493 e. The molecule has 4 rings (SSSR count). The molecule has 0 spiro atoms. The average Bonchev–Trinajstić information content (AvgIpc) is 3.31. The van der Waals surface area contributed by atoms with Crippen LogP contribution in [0, 0.1) is 13.8 Å². The topological polar surface area (TPSA) is 74.6 Å². The van der Waals surface area contributed by atoms with Crippen molar-refractivity contribution in [1.82, 2.24) is 14.9 Å². The van der Waals surface area contributed by atoms with Gasteiger partial charge < -0.3 is 24.1 Å². The maximum Gasteiger partial charge on any atom is 0.257 e. The number of methoxy groups -OCH3 is 1. The van der Waals surface area contributed by atoms with E-state index in [1.54, 1.807) is 7.11 Å². The van der Waals surface area contributed by atoms with E-state index in [4.69, 9.17) is 19.2 Å². The van der Waals surface area contributed by atoms with Crippen molar-refractivity contribution in [3.63, 3.8) is 0 Å². The molecule has 1 aromatic heterocycles. The predicted octanol–water partition coefficient (Wildman–Crippen LogP) is 5.99.